The Labute approximate surface area is 91.0 Å². The SMILES string of the molecule is CC(CC(N)=O)Nc1ncccc1Br. The van der Waals surface area contributed by atoms with Gasteiger partial charge < -0.3 is 11.1 Å². The summed E-state index contributed by atoms with van der Waals surface area (Å²) in [5, 5.41) is 3.08. The topological polar surface area (TPSA) is 68.0 Å². The maximum Gasteiger partial charge on any atom is 0.219 e. The summed E-state index contributed by atoms with van der Waals surface area (Å²) in [4.78, 5) is 14.8. The predicted molar refractivity (Wildman–Crippen MR) is 58.8 cm³/mol. The molecule has 5 heteroatoms. The first-order valence-electron chi connectivity index (χ1n) is 4.25. The number of rotatable bonds is 4. The Balaban J connectivity index is 2.60. The first kappa shape index (κ1) is 11.0. The van der Waals surface area contributed by atoms with Crippen LogP contribution in [0, 0.1) is 0 Å². The summed E-state index contributed by atoms with van der Waals surface area (Å²) in [7, 11) is 0. The zero-order valence-electron chi connectivity index (χ0n) is 7.83. The molecule has 1 aromatic rings. The number of amides is 1. The summed E-state index contributed by atoms with van der Waals surface area (Å²) in [6.45, 7) is 1.88. The Morgan fingerprint density at radius 3 is 3.07 bits per heavy atom. The van der Waals surface area contributed by atoms with E-state index < -0.39 is 0 Å². The number of nitrogens with two attached hydrogens (primary N) is 1. The fourth-order valence-electron chi connectivity index (χ4n) is 1.08. The number of halogens is 1. The van der Waals surface area contributed by atoms with Gasteiger partial charge in [-0.25, -0.2) is 4.98 Å². The second-order valence-corrected chi connectivity index (χ2v) is 3.90. The van der Waals surface area contributed by atoms with E-state index in [2.05, 4.69) is 26.2 Å². The fraction of sp³-hybridized carbons (Fsp3) is 0.333. The van der Waals surface area contributed by atoms with E-state index in [9.17, 15) is 4.79 Å². The molecule has 1 amide bonds. The van der Waals surface area contributed by atoms with Crippen LogP contribution in [-0.4, -0.2) is 16.9 Å². The van der Waals surface area contributed by atoms with Crippen molar-refractivity contribution in [3.05, 3.63) is 22.8 Å². The summed E-state index contributed by atoms with van der Waals surface area (Å²) < 4.78 is 0.872. The summed E-state index contributed by atoms with van der Waals surface area (Å²) in [5.74, 6) is 0.401. The minimum absolute atomic E-state index is 0.0151. The maximum absolute atomic E-state index is 10.6. The predicted octanol–water partition coefficient (Wildman–Crippen LogP) is 1.52. The van der Waals surface area contributed by atoms with Gasteiger partial charge in [-0.05, 0) is 35.0 Å². The molecule has 0 bridgehead atoms. The molecule has 0 aromatic carbocycles. The Kier molecular flexibility index (Phi) is 3.88. The average molecular weight is 258 g/mol. The molecule has 4 nitrogen and oxygen atoms in total. The van der Waals surface area contributed by atoms with Crippen molar-refractivity contribution in [2.75, 3.05) is 5.32 Å². The van der Waals surface area contributed by atoms with Gasteiger partial charge in [0, 0.05) is 18.7 Å². The Bertz CT molecular complexity index is 330. The first-order chi connectivity index (χ1) is 6.59. The Morgan fingerprint density at radius 2 is 2.50 bits per heavy atom. The van der Waals surface area contributed by atoms with E-state index >= 15 is 0 Å². The van der Waals surface area contributed by atoms with Crippen molar-refractivity contribution in [2.24, 2.45) is 5.73 Å². The highest BCUT2D eigenvalue weighted by atomic mass is 79.9. The summed E-state index contributed by atoms with van der Waals surface area (Å²) in [6.07, 6.45) is 1.98. The van der Waals surface area contributed by atoms with Gasteiger partial charge in [0.05, 0.1) is 4.47 Å². The number of hydrogen-bond donors (Lipinski definition) is 2. The van der Waals surface area contributed by atoms with Crippen LogP contribution in [0.4, 0.5) is 5.82 Å². The molecule has 14 heavy (non-hydrogen) atoms. The molecular weight excluding hydrogens is 246 g/mol. The average Bonchev–Trinajstić information content (AvgIpc) is 2.07. The quantitative estimate of drug-likeness (QED) is 0.860. The van der Waals surface area contributed by atoms with E-state index in [1.807, 2.05) is 19.1 Å². The van der Waals surface area contributed by atoms with Crippen LogP contribution in [0.5, 0.6) is 0 Å². The molecule has 1 atom stereocenters. The molecule has 0 aliphatic carbocycles. The monoisotopic (exact) mass is 257 g/mol. The third kappa shape index (κ3) is 3.33. The summed E-state index contributed by atoms with van der Waals surface area (Å²) in [5.41, 5.74) is 5.07. The van der Waals surface area contributed by atoms with E-state index in [1.165, 1.54) is 0 Å². The zero-order chi connectivity index (χ0) is 10.6. The lowest BCUT2D eigenvalue weighted by atomic mass is 10.2. The molecular formula is C9H12BrN3O. The number of carbonyl (C=O) groups is 1. The molecule has 0 saturated carbocycles. The van der Waals surface area contributed by atoms with Crippen LogP contribution in [0.3, 0.4) is 0 Å². The van der Waals surface area contributed by atoms with Gasteiger partial charge in [-0.15, -0.1) is 0 Å². The molecule has 0 spiro atoms. The molecule has 0 aliphatic heterocycles. The molecule has 0 aliphatic rings. The minimum atomic E-state index is -0.322. The van der Waals surface area contributed by atoms with Crippen LogP contribution in [0.25, 0.3) is 0 Å². The lowest BCUT2D eigenvalue weighted by molar-refractivity contribution is -0.118. The van der Waals surface area contributed by atoms with Crippen LogP contribution in [-0.2, 0) is 4.79 Å². The highest BCUT2D eigenvalue weighted by Crippen LogP contribution is 2.19. The zero-order valence-corrected chi connectivity index (χ0v) is 9.41. The molecule has 0 saturated heterocycles. The molecule has 1 unspecified atom stereocenters. The van der Waals surface area contributed by atoms with Crippen LogP contribution in [0.2, 0.25) is 0 Å². The number of hydrogen-bond acceptors (Lipinski definition) is 3. The maximum atomic E-state index is 10.6. The van der Waals surface area contributed by atoms with Gasteiger partial charge in [-0.3, -0.25) is 4.79 Å². The number of anilines is 1. The highest BCUT2D eigenvalue weighted by molar-refractivity contribution is 9.10. The second kappa shape index (κ2) is 4.95. The van der Waals surface area contributed by atoms with E-state index in [0.29, 0.717) is 6.42 Å². The largest absolute Gasteiger partial charge is 0.370 e. The van der Waals surface area contributed by atoms with E-state index in [0.717, 1.165) is 10.3 Å². The Morgan fingerprint density at radius 1 is 1.79 bits per heavy atom. The number of nitrogens with zero attached hydrogens (tertiary/aromatic N) is 1. The van der Waals surface area contributed by atoms with E-state index in [1.54, 1.807) is 6.20 Å². The van der Waals surface area contributed by atoms with Gasteiger partial charge in [-0.2, -0.15) is 0 Å². The molecule has 1 aromatic heterocycles. The standard InChI is InChI=1S/C9H12BrN3O/c1-6(5-8(11)14)13-9-7(10)3-2-4-12-9/h2-4,6H,5H2,1H3,(H2,11,14)(H,12,13). The van der Waals surface area contributed by atoms with Crippen molar-refractivity contribution in [3.63, 3.8) is 0 Å². The Hall–Kier alpha value is -1.10. The molecule has 76 valence electrons. The van der Waals surface area contributed by atoms with E-state index in [-0.39, 0.29) is 11.9 Å². The smallest absolute Gasteiger partial charge is 0.219 e. The number of primary amides is 1. The molecule has 0 fully saturated rings. The molecule has 3 N–H and O–H groups in total. The second-order valence-electron chi connectivity index (χ2n) is 3.05. The van der Waals surface area contributed by atoms with E-state index in [4.69, 9.17) is 5.73 Å². The van der Waals surface area contributed by atoms with Crippen molar-refractivity contribution >= 4 is 27.7 Å². The normalized spacial score (nSPS) is 12.1. The van der Waals surface area contributed by atoms with Crippen LogP contribution >= 0.6 is 15.9 Å². The van der Waals surface area contributed by atoms with Crippen molar-refractivity contribution in [1.29, 1.82) is 0 Å². The van der Waals surface area contributed by atoms with Crippen LogP contribution in [0.1, 0.15) is 13.3 Å². The van der Waals surface area contributed by atoms with Gasteiger partial charge in [0.25, 0.3) is 0 Å². The summed E-state index contributed by atoms with van der Waals surface area (Å²) >= 11 is 3.35. The number of carbonyl (C=O) groups excluding carboxylic acids is 1. The van der Waals surface area contributed by atoms with Gasteiger partial charge in [0.1, 0.15) is 5.82 Å². The van der Waals surface area contributed by atoms with Gasteiger partial charge in [-0.1, -0.05) is 0 Å². The number of aromatic nitrogens is 1. The van der Waals surface area contributed by atoms with Crippen molar-refractivity contribution < 1.29 is 4.79 Å². The minimum Gasteiger partial charge on any atom is -0.370 e. The molecule has 1 heterocycles. The van der Waals surface area contributed by atoms with Gasteiger partial charge >= 0.3 is 0 Å². The summed E-state index contributed by atoms with van der Waals surface area (Å²) in [6, 6.07) is 3.69. The third-order valence-corrected chi connectivity index (χ3v) is 2.29. The highest BCUT2D eigenvalue weighted by Gasteiger charge is 2.07. The lowest BCUT2D eigenvalue weighted by Crippen LogP contribution is -2.24. The molecule has 1 rings (SSSR count). The number of nitrogens with one attached hydrogen (secondary N) is 1. The fourth-order valence-corrected chi connectivity index (χ4v) is 1.45. The van der Waals surface area contributed by atoms with Gasteiger partial charge in [0.15, 0.2) is 0 Å². The van der Waals surface area contributed by atoms with Crippen molar-refractivity contribution in [2.45, 2.75) is 19.4 Å². The van der Waals surface area contributed by atoms with Crippen molar-refractivity contribution in [1.82, 2.24) is 4.98 Å². The van der Waals surface area contributed by atoms with Crippen LogP contribution < -0.4 is 11.1 Å². The van der Waals surface area contributed by atoms with Gasteiger partial charge in [0.2, 0.25) is 5.91 Å². The third-order valence-electron chi connectivity index (χ3n) is 1.65. The van der Waals surface area contributed by atoms with Crippen molar-refractivity contribution in [3.8, 4) is 0 Å². The molecule has 0 radical (unpaired) electrons. The van der Waals surface area contributed by atoms with Crippen LogP contribution in [0.15, 0.2) is 22.8 Å². The first-order valence-corrected chi connectivity index (χ1v) is 5.04. The number of pyridine rings is 1. The lowest BCUT2D eigenvalue weighted by Gasteiger charge is -2.13.